The fourth-order valence-electron chi connectivity index (χ4n) is 1.47. The lowest BCUT2D eigenvalue weighted by Crippen LogP contribution is -2.13. The second-order valence-corrected chi connectivity index (χ2v) is 3.52. The van der Waals surface area contributed by atoms with Gasteiger partial charge in [0.2, 0.25) is 5.91 Å². The van der Waals surface area contributed by atoms with E-state index >= 15 is 0 Å². The number of carbonyl (C=O) groups is 2. The molecular weight excluding hydrogens is 220 g/mol. The number of amides is 1. The van der Waals surface area contributed by atoms with Crippen LogP contribution in [0.2, 0.25) is 0 Å². The van der Waals surface area contributed by atoms with E-state index in [2.05, 4.69) is 4.98 Å². The molecule has 5 heteroatoms. The summed E-state index contributed by atoms with van der Waals surface area (Å²) in [7, 11) is 0. The van der Waals surface area contributed by atoms with Gasteiger partial charge in [-0.25, -0.2) is 0 Å². The second-order valence-electron chi connectivity index (χ2n) is 3.52. The van der Waals surface area contributed by atoms with Gasteiger partial charge in [0.1, 0.15) is 0 Å². The minimum Gasteiger partial charge on any atom is -0.481 e. The number of hydrogen-bond acceptors (Lipinski definition) is 2. The number of H-pyrrole nitrogens is 1. The van der Waals surface area contributed by atoms with Crippen LogP contribution in [0.15, 0.2) is 30.5 Å². The molecule has 2 rings (SSSR count). The summed E-state index contributed by atoms with van der Waals surface area (Å²) in [4.78, 5) is 22.8. The van der Waals surface area contributed by atoms with E-state index in [0.717, 1.165) is 23.4 Å². The van der Waals surface area contributed by atoms with Crippen LogP contribution in [-0.4, -0.2) is 22.0 Å². The molecule has 4 N–H and O–H groups in total. The Hall–Kier alpha value is -2.30. The maximum absolute atomic E-state index is 10.7. The fraction of sp³-hybridized carbons (Fsp3) is 0.167. The number of carbonyl (C=O) groups excluding carboxylic acids is 1. The Labute approximate surface area is 98.2 Å². The highest BCUT2D eigenvalue weighted by Gasteiger charge is 2.04. The predicted octanol–water partition coefficient (Wildman–Crippen LogP) is 1.29. The number of benzene rings is 1. The molecule has 0 unspecified atom stereocenters. The van der Waals surface area contributed by atoms with Crippen molar-refractivity contribution in [1.29, 1.82) is 0 Å². The highest BCUT2D eigenvalue weighted by atomic mass is 16.4. The summed E-state index contributed by atoms with van der Waals surface area (Å²) in [6, 6.07) is 7.84. The first kappa shape index (κ1) is 12.8. The van der Waals surface area contributed by atoms with Gasteiger partial charge in [-0.05, 0) is 11.6 Å². The molecule has 90 valence electrons. The average molecular weight is 234 g/mol. The van der Waals surface area contributed by atoms with Crippen molar-refractivity contribution in [1.82, 2.24) is 4.98 Å². The Bertz CT molecular complexity index is 527. The molecule has 1 amide bonds. The van der Waals surface area contributed by atoms with E-state index in [1.54, 1.807) is 0 Å². The van der Waals surface area contributed by atoms with Crippen LogP contribution in [0.5, 0.6) is 0 Å². The van der Waals surface area contributed by atoms with E-state index in [0.29, 0.717) is 6.42 Å². The molecule has 0 spiro atoms. The van der Waals surface area contributed by atoms with Gasteiger partial charge in [0, 0.05) is 24.0 Å². The van der Waals surface area contributed by atoms with Crippen LogP contribution in [0, 0.1) is 0 Å². The number of aromatic amines is 1. The molecule has 0 aliphatic heterocycles. The number of rotatable bonds is 2. The third kappa shape index (κ3) is 3.98. The third-order valence-electron chi connectivity index (χ3n) is 2.04. The van der Waals surface area contributed by atoms with Crippen molar-refractivity contribution in [2.24, 2.45) is 5.73 Å². The quantitative estimate of drug-likeness (QED) is 0.730. The fourth-order valence-corrected chi connectivity index (χ4v) is 1.47. The number of para-hydroxylation sites is 1. The van der Waals surface area contributed by atoms with E-state index in [9.17, 15) is 4.79 Å². The largest absolute Gasteiger partial charge is 0.481 e. The van der Waals surface area contributed by atoms with E-state index in [1.807, 2.05) is 30.5 Å². The molecule has 0 bridgehead atoms. The zero-order valence-electron chi connectivity index (χ0n) is 9.43. The molecule has 0 saturated carbocycles. The van der Waals surface area contributed by atoms with Crippen molar-refractivity contribution >= 4 is 22.8 Å². The third-order valence-corrected chi connectivity index (χ3v) is 2.04. The number of hydrogen-bond donors (Lipinski definition) is 3. The lowest BCUT2D eigenvalue weighted by molar-refractivity contribution is -0.134. The molecule has 0 saturated heterocycles. The first-order valence-corrected chi connectivity index (χ1v) is 5.03. The molecule has 0 radical (unpaired) electrons. The molecule has 0 aliphatic carbocycles. The molecule has 5 nitrogen and oxygen atoms in total. The van der Waals surface area contributed by atoms with E-state index in [-0.39, 0.29) is 5.91 Å². The minimum absolute atomic E-state index is 0.296. The SMILES string of the molecule is CC(=O)O.NC(=O)Cc1c[nH]c2ccccc12. The van der Waals surface area contributed by atoms with E-state index < -0.39 is 5.97 Å². The van der Waals surface area contributed by atoms with Crippen LogP contribution in [0.25, 0.3) is 10.9 Å². The number of aromatic nitrogens is 1. The van der Waals surface area contributed by atoms with Crippen LogP contribution in [0.3, 0.4) is 0 Å². The number of carboxylic acids is 1. The maximum atomic E-state index is 10.7. The summed E-state index contributed by atoms with van der Waals surface area (Å²) in [5.41, 5.74) is 7.12. The second kappa shape index (κ2) is 5.69. The molecule has 0 fully saturated rings. The smallest absolute Gasteiger partial charge is 0.300 e. The Morgan fingerprint density at radius 3 is 2.53 bits per heavy atom. The number of fused-ring (bicyclic) bond motifs is 1. The van der Waals surface area contributed by atoms with E-state index in [1.165, 1.54) is 0 Å². The number of nitrogens with one attached hydrogen (secondary N) is 1. The lowest BCUT2D eigenvalue weighted by atomic mass is 10.1. The van der Waals surface area contributed by atoms with Gasteiger partial charge in [-0.1, -0.05) is 18.2 Å². The maximum Gasteiger partial charge on any atom is 0.300 e. The molecule has 1 aromatic heterocycles. The van der Waals surface area contributed by atoms with Crippen LogP contribution >= 0.6 is 0 Å². The lowest BCUT2D eigenvalue weighted by Gasteiger charge is -1.93. The van der Waals surface area contributed by atoms with Gasteiger partial charge in [-0.2, -0.15) is 0 Å². The van der Waals surface area contributed by atoms with Gasteiger partial charge in [-0.15, -0.1) is 0 Å². The summed E-state index contributed by atoms with van der Waals surface area (Å²) in [5, 5.41) is 8.49. The molecule has 0 atom stereocenters. The Morgan fingerprint density at radius 2 is 1.94 bits per heavy atom. The van der Waals surface area contributed by atoms with Crippen molar-refractivity contribution < 1.29 is 14.7 Å². The normalized spacial score (nSPS) is 9.47. The minimum atomic E-state index is -0.833. The van der Waals surface area contributed by atoms with E-state index in [4.69, 9.17) is 15.6 Å². The standard InChI is InChI=1S/C10H10N2O.C2H4O2/c11-10(13)5-7-6-12-9-4-2-1-3-8(7)9;1-2(3)4/h1-4,6,12H,5H2,(H2,11,13);1H3,(H,3,4). The molecule has 17 heavy (non-hydrogen) atoms. The van der Waals surface area contributed by atoms with Crippen LogP contribution in [0.1, 0.15) is 12.5 Å². The van der Waals surface area contributed by atoms with Crippen LogP contribution in [0.4, 0.5) is 0 Å². The van der Waals surface area contributed by atoms with Crippen LogP contribution in [-0.2, 0) is 16.0 Å². The first-order valence-electron chi connectivity index (χ1n) is 5.03. The van der Waals surface area contributed by atoms with Gasteiger partial charge >= 0.3 is 0 Å². The summed E-state index contributed by atoms with van der Waals surface area (Å²) in [5.74, 6) is -1.13. The number of primary amides is 1. The zero-order valence-corrected chi connectivity index (χ0v) is 9.43. The van der Waals surface area contributed by atoms with Crippen molar-refractivity contribution in [3.8, 4) is 0 Å². The predicted molar refractivity (Wildman–Crippen MR) is 64.5 cm³/mol. The van der Waals surface area contributed by atoms with Gasteiger partial charge in [-0.3, -0.25) is 9.59 Å². The van der Waals surface area contributed by atoms with Crippen molar-refractivity contribution in [3.63, 3.8) is 0 Å². The Balaban J connectivity index is 0.000000317. The van der Waals surface area contributed by atoms with Crippen LogP contribution < -0.4 is 5.73 Å². The topological polar surface area (TPSA) is 96.2 Å². The summed E-state index contributed by atoms with van der Waals surface area (Å²) >= 11 is 0. The molecular formula is C12H14N2O3. The average Bonchev–Trinajstić information content (AvgIpc) is 2.60. The summed E-state index contributed by atoms with van der Waals surface area (Å²) in [6.45, 7) is 1.08. The summed E-state index contributed by atoms with van der Waals surface area (Å²) in [6.07, 6.45) is 2.12. The van der Waals surface area contributed by atoms with Crippen molar-refractivity contribution in [2.45, 2.75) is 13.3 Å². The van der Waals surface area contributed by atoms with Gasteiger partial charge in [0.15, 0.2) is 0 Å². The molecule has 1 aromatic carbocycles. The van der Waals surface area contributed by atoms with Crippen molar-refractivity contribution in [3.05, 3.63) is 36.0 Å². The highest BCUT2D eigenvalue weighted by molar-refractivity contribution is 5.88. The Kier molecular flexibility index (Phi) is 4.28. The molecule has 2 aromatic rings. The Morgan fingerprint density at radius 1 is 1.35 bits per heavy atom. The first-order chi connectivity index (χ1) is 8.00. The molecule has 0 aliphatic rings. The molecule has 1 heterocycles. The number of aliphatic carboxylic acids is 1. The zero-order chi connectivity index (χ0) is 12.8. The van der Waals surface area contributed by atoms with Gasteiger partial charge in [0.05, 0.1) is 6.42 Å². The number of carboxylic acid groups (broad SMARTS) is 1. The van der Waals surface area contributed by atoms with Gasteiger partial charge < -0.3 is 15.8 Å². The highest BCUT2D eigenvalue weighted by Crippen LogP contribution is 2.17. The van der Waals surface area contributed by atoms with Crippen molar-refractivity contribution in [2.75, 3.05) is 0 Å². The van der Waals surface area contributed by atoms with Gasteiger partial charge in [0.25, 0.3) is 5.97 Å². The number of nitrogens with two attached hydrogens (primary N) is 1. The monoisotopic (exact) mass is 234 g/mol. The summed E-state index contributed by atoms with van der Waals surface area (Å²) < 4.78 is 0.